The van der Waals surface area contributed by atoms with Gasteiger partial charge < -0.3 is 4.74 Å². The Balaban J connectivity index is 2.41. The highest BCUT2D eigenvalue weighted by atomic mass is 16.5. The van der Waals surface area contributed by atoms with Crippen molar-refractivity contribution in [1.29, 1.82) is 0 Å². The van der Waals surface area contributed by atoms with Crippen LogP contribution in [0.2, 0.25) is 0 Å². The van der Waals surface area contributed by atoms with Crippen molar-refractivity contribution < 1.29 is 4.74 Å². The van der Waals surface area contributed by atoms with Crippen LogP contribution in [-0.2, 0) is 10.2 Å². The first-order valence-electron chi connectivity index (χ1n) is 6.89. The highest BCUT2D eigenvalue weighted by molar-refractivity contribution is 5.50. The first-order chi connectivity index (χ1) is 8.54. The molecule has 0 unspecified atom stereocenters. The Morgan fingerprint density at radius 3 is 2.33 bits per heavy atom. The molecule has 0 fully saturated rings. The zero-order valence-electron chi connectivity index (χ0n) is 12.2. The molecule has 0 saturated carbocycles. The van der Waals surface area contributed by atoms with Gasteiger partial charge in [-0.2, -0.15) is 0 Å². The summed E-state index contributed by atoms with van der Waals surface area (Å²) in [4.78, 5) is 0. The predicted octanol–water partition coefficient (Wildman–Crippen LogP) is 4.81. The lowest BCUT2D eigenvalue weighted by atomic mass is 9.87. The van der Waals surface area contributed by atoms with E-state index in [2.05, 4.69) is 64.1 Å². The van der Waals surface area contributed by atoms with Crippen LogP contribution in [0.3, 0.4) is 0 Å². The van der Waals surface area contributed by atoms with E-state index < -0.39 is 0 Å². The van der Waals surface area contributed by atoms with Gasteiger partial charge >= 0.3 is 0 Å². The topological polar surface area (TPSA) is 9.23 Å². The van der Waals surface area contributed by atoms with Crippen LogP contribution in [0.25, 0.3) is 6.08 Å². The summed E-state index contributed by atoms with van der Waals surface area (Å²) in [6.07, 6.45) is 6.55. The van der Waals surface area contributed by atoms with Crippen molar-refractivity contribution in [3.05, 3.63) is 41.5 Å². The highest BCUT2D eigenvalue weighted by Crippen LogP contribution is 2.22. The largest absolute Gasteiger partial charge is 0.377 e. The van der Waals surface area contributed by atoms with Gasteiger partial charge in [0.25, 0.3) is 0 Å². The molecule has 0 heterocycles. The molecule has 0 radical (unpaired) electrons. The third-order valence-corrected chi connectivity index (χ3v) is 2.94. The number of hydrogen-bond donors (Lipinski definition) is 0. The van der Waals surface area contributed by atoms with Crippen molar-refractivity contribution in [3.8, 4) is 0 Å². The second kappa shape index (κ2) is 7.38. The fourth-order valence-electron chi connectivity index (χ4n) is 1.68. The fourth-order valence-corrected chi connectivity index (χ4v) is 1.68. The molecule has 1 aromatic carbocycles. The summed E-state index contributed by atoms with van der Waals surface area (Å²) in [6, 6.07) is 8.75. The Morgan fingerprint density at radius 1 is 1.11 bits per heavy atom. The van der Waals surface area contributed by atoms with Gasteiger partial charge in [0.2, 0.25) is 0 Å². The number of hydrogen-bond acceptors (Lipinski definition) is 1. The molecule has 18 heavy (non-hydrogen) atoms. The molecule has 1 rings (SSSR count). The van der Waals surface area contributed by atoms with E-state index in [9.17, 15) is 0 Å². The monoisotopic (exact) mass is 246 g/mol. The lowest BCUT2D eigenvalue weighted by molar-refractivity contribution is 0.159. The Bertz CT molecular complexity index is 354. The maximum atomic E-state index is 5.49. The lowest BCUT2D eigenvalue weighted by Gasteiger charge is -2.18. The normalized spacial score (nSPS) is 12.2. The molecular weight excluding hydrogens is 220 g/mol. The van der Waals surface area contributed by atoms with Gasteiger partial charge in [-0.15, -0.1) is 0 Å². The summed E-state index contributed by atoms with van der Waals surface area (Å²) >= 11 is 0. The molecule has 0 aliphatic heterocycles. The van der Waals surface area contributed by atoms with E-state index in [4.69, 9.17) is 4.74 Å². The van der Waals surface area contributed by atoms with Crippen molar-refractivity contribution in [2.45, 2.75) is 46.0 Å². The molecular formula is C17H26O. The minimum Gasteiger partial charge on any atom is -0.377 e. The second-order valence-corrected chi connectivity index (χ2v) is 5.70. The van der Waals surface area contributed by atoms with Crippen LogP contribution < -0.4 is 0 Å². The Morgan fingerprint density at radius 2 is 1.78 bits per heavy atom. The lowest BCUT2D eigenvalue weighted by Crippen LogP contribution is -2.10. The van der Waals surface area contributed by atoms with Gasteiger partial charge in [0, 0.05) is 6.61 Å². The summed E-state index contributed by atoms with van der Waals surface area (Å²) in [5, 5.41) is 0. The number of benzene rings is 1. The SMILES string of the molecule is CCCCOC/C=C/c1ccc(C(C)(C)C)cc1. The molecule has 1 heteroatoms. The van der Waals surface area contributed by atoms with Gasteiger partial charge in [-0.25, -0.2) is 0 Å². The van der Waals surface area contributed by atoms with E-state index in [1.165, 1.54) is 17.5 Å². The number of ether oxygens (including phenoxy) is 1. The Labute approximate surface area is 112 Å². The van der Waals surface area contributed by atoms with E-state index in [0.717, 1.165) is 13.0 Å². The van der Waals surface area contributed by atoms with Crippen molar-refractivity contribution in [3.63, 3.8) is 0 Å². The van der Waals surface area contributed by atoms with Crippen LogP contribution in [-0.4, -0.2) is 13.2 Å². The van der Waals surface area contributed by atoms with E-state index in [-0.39, 0.29) is 5.41 Å². The van der Waals surface area contributed by atoms with Crippen LogP contribution in [0.5, 0.6) is 0 Å². The van der Waals surface area contributed by atoms with Crippen LogP contribution in [0.4, 0.5) is 0 Å². The molecule has 0 saturated heterocycles. The quantitative estimate of drug-likeness (QED) is 0.654. The standard InChI is InChI=1S/C17H26O/c1-5-6-13-18-14-7-8-15-9-11-16(12-10-15)17(2,3)4/h7-12H,5-6,13-14H2,1-4H3/b8-7+. The van der Waals surface area contributed by atoms with Gasteiger partial charge in [-0.05, 0) is 23.0 Å². The molecule has 0 amide bonds. The van der Waals surface area contributed by atoms with E-state index in [1.807, 2.05) is 0 Å². The summed E-state index contributed by atoms with van der Waals surface area (Å²) in [5.41, 5.74) is 2.84. The minimum absolute atomic E-state index is 0.228. The molecule has 0 spiro atoms. The van der Waals surface area contributed by atoms with Gasteiger partial charge in [0.1, 0.15) is 0 Å². The summed E-state index contributed by atoms with van der Waals surface area (Å²) in [7, 11) is 0. The fraction of sp³-hybridized carbons (Fsp3) is 0.529. The van der Waals surface area contributed by atoms with E-state index in [0.29, 0.717) is 6.61 Å². The van der Waals surface area contributed by atoms with Gasteiger partial charge in [-0.3, -0.25) is 0 Å². The zero-order chi connectivity index (χ0) is 13.4. The molecule has 0 aliphatic rings. The van der Waals surface area contributed by atoms with Gasteiger partial charge in [-0.1, -0.05) is 70.5 Å². The van der Waals surface area contributed by atoms with Crippen molar-refractivity contribution >= 4 is 6.08 Å². The summed E-state index contributed by atoms with van der Waals surface area (Å²) < 4.78 is 5.49. The van der Waals surface area contributed by atoms with Crippen molar-refractivity contribution in [2.75, 3.05) is 13.2 Å². The van der Waals surface area contributed by atoms with E-state index in [1.54, 1.807) is 0 Å². The molecule has 0 N–H and O–H groups in total. The van der Waals surface area contributed by atoms with Gasteiger partial charge in [0.05, 0.1) is 6.61 Å². The highest BCUT2D eigenvalue weighted by Gasteiger charge is 2.12. The molecule has 100 valence electrons. The maximum absolute atomic E-state index is 5.49. The Kier molecular flexibility index (Phi) is 6.14. The average molecular weight is 246 g/mol. The van der Waals surface area contributed by atoms with Crippen LogP contribution in [0, 0.1) is 0 Å². The molecule has 1 nitrogen and oxygen atoms in total. The minimum atomic E-state index is 0.228. The number of unbranched alkanes of at least 4 members (excludes halogenated alkanes) is 1. The molecule has 0 aliphatic carbocycles. The summed E-state index contributed by atoms with van der Waals surface area (Å²) in [6.45, 7) is 10.5. The van der Waals surface area contributed by atoms with Crippen molar-refractivity contribution in [2.24, 2.45) is 0 Å². The predicted molar refractivity (Wildman–Crippen MR) is 79.9 cm³/mol. The molecule has 0 aromatic heterocycles. The molecule has 1 aromatic rings. The third-order valence-electron chi connectivity index (χ3n) is 2.94. The molecule has 0 atom stereocenters. The zero-order valence-corrected chi connectivity index (χ0v) is 12.2. The van der Waals surface area contributed by atoms with Gasteiger partial charge in [0.15, 0.2) is 0 Å². The maximum Gasteiger partial charge on any atom is 0.0650 e. The summed E-state index contributed by atoms with van der Waals surface area (Å²) in [5.74, 6) is 0. The average Bonchev–Trinajstić information content (AvgIpc) is 2.33. The first kappa shape index (κ1) is 15.0. The van der Waals surface area contributed by atoms with Crippen LogP contribution >= 0.6 is 0 Å². The van der Waals surface area contributed by atoms with E-state index >= 15 is 0 Å². The molecule has 0 bridgehead atoms. The number of rotatable bonds is 6. The third kappa shape index (κ3) is 5.50. The van der Waals surface area contributed by atoms with Crippen LogP contribution in [0.1, 0.15) is 51.7 Å². The Hall–Kier alpha value is -1.08. The van der Waals surface area contributed by atoms with Crippen molar-refractivity contribution in [1.82, 2.24) is 0 Å². The first-order valence-corrected chi connectivity index (χ1v) is 6.89. The smallest absolute Gasteiger partial charge is 0.0650 e. The van der Waals surface area contributed by atoms with Crippen LogP contribution in [0.15, 0.2) is 30.3 Å². The second-order valence-electron chi connectivity index (χ2n) is 5.70.